The summed E-state index contributed by atoms with van der Waals surface area (Å²) in [6.45, 7) is 2.61. The third-order valence-electron chi connectivity index (χ3n) is 1.85. The van der Waals surface area contributed by atoms with Crippen molar-refractivity contribution in [3.63, 3.8) is 0 Å². The third-order valence-corrected chi connectivity index (χ3v) is 5.11. The number of hydrogen-bond acceptors (Lipinski definition) is 3. The van der Waals surface area contributed by atoms with Gasteiger partial charge in [-0.15, -0.1) is 11.3 Å². The minimum absolute atomic E-state index is 0.00592. The minimum atomic E-state index is -0.243. The van der Waals surface area contributed by atoms with Gasteiger partial charge in [0.25, 0.3) is 5.91 Å². The molecule has 0 radical (unpaired) electrons. The van der Waals surface area contributed by atoms with Crippen LogP contribution in [0.5, 0.6) is 0 Å². The van der Waals surface area contributed by atoms with Gasteiger partial charge in [0.15, 0.2) is 0 Å². The Hall–Kier alpha value is -0.400. The number of halogens is 2. The zero-order chi connectivity index (χ0) is 12.8. The maximum absolute atomic E-state index is 11.7. The quantitative estimate of drug-likeness (QED) is 0.820. The SMILES string of the molecule is CCCNC(=O)CNC(=O)c1cc(Br)c(Br)s1. The van der Waals surface area contributed by atoms with Crippen molar-refractivity contribution < 1.29 is 9.59 Å². The van der Waals surface area contributed by atoms with Crippen molar-refractivity contribution in [1.82, 2.24) is 10.6 Å². The van der Waals surface area contributed by atoms with Crippen molar-refractivity contribution in [2.75, 3.05) is 13.1 Å². The fourth-order valence-electron chi connectivity index (χ4n) is 1.03. The first-order chi connectivity index (χ1) is 8.04. The predicted molar refractivity (Wildman–Crippen MR) is 75.4 cm³/mol. The molecule has 0 spiro atoms. The lowest BCUT2D eigenvalue weighted by Gasteiger charge is -2.04. The zero-order valence-electron chi connectivity index (χ0n) is 9.18. The Morgan fingerprint density at radius 2 is 2.06 bits per heavy atom. The van der Waals surface area contributed by atoms with Gasteiger partial charge < -0.3 is 10.6 Å². The topological polar surface area (TPSA) is 58.2 Å². The van der Waals surface area contributed by atoms with Gasteiger partial charge in [0.1, 0.15) is 0 Å². The van der Waals surface area contributed by atoms with Crippen LogP contribution in [0, 0.1) is 0 Å². The first-order valence-corrected chi connectivity index (χ1v) is 7.44. The molecule has 0 unspecified atom stereocenters. The van der Waals surface area contributed by atoms with Crippen LogP contribution in [-0.4, -0.2) is 24.9 Å². The van der Waals surface area contributed by atoms with E-state index >= 15 is 0 Å². The van der Waals surface area contributed by atoms with Crippen molar-refractivity contribution in [1.29, 1.82) is 0 Å². The maximum Gasteiger partial charge on any atom is 0.261 e. The van der Waals surface area contributed by atoms with E-state index in [0.717, 1.165) is 14.7 Å². The average Bonchev–Trinajstić information content (AvgIpc) is 2.64. The Morgan fingerprint density at radius 1 is 1.35 bits per heavy atom. The molecule has 94 valence electrons. The van der Waals surface area contributed by atoms with Gasteiger partial charge >= 0.3 is 0 Å². The summed E-state index contributed by atoms with van der Waals surface area (Å²) >= 11 is 7.93. The fraction of sp³-hybridized carbons (Fsp3) is 0.400. The van der Waals surface area contributed by atoms with Crippen LogP contribution in [0.1, 0.15) is 23.0 Å². The third kappa shape index (κ3) is 4.77. The fourth-order valence-corrected chi connectivity index (χ4v) is 2.99. The number of nitrogens with one attached hydrogen (secondary N) is 2. The number of thiophene rings is 1. The van der Waals surface area contributed by atoms with E-state index in [1.54, 1.807) is 6.07 Å². The molecule has 7 heteroatoms. The number of amides is 2. The Labute approximate surface area is 120 Å². The molecular formula is C10H12Br2N2O2S. The van der Waals surface area contributed by atoms with E-state index in [1.807, 2.05) is 6.92 Å². The first kappa shape index (κ1) is 14.7. The van der Waals surface area contributed by atoms with E-state index in [0.29, 0.717) is 11.4 Å². The van der Waals surface area contributed by atoms with Crippen LogP contribution < -0.4 is 10.6 Å². The highest BCUT2D eigenvalue weighted by molar-refractivity contribution is 9.13. The molecule has 0 aliphatic heterocycles. The number of carbonyl (C=O) groups excluding carboxylic acids is 2. The maximum atomic E-state index is 11.7. The summed E-state index contributed by atoms with van der Waals surface area (Å²) in [7, 11) is 0. The van der Waals surface area contributed by atoms with Gasteiger partial charge in [-0.1, -0.05) is 6.92 Å². The van der Waals surface area contributed by atoms with Crippen LogP contribution in [0.2, 0.25) is 0 Å². The second kappa shape index (κ2) is 7.13. The molecule has 17 heavy (non-hydrogen) atoms. The van der Waals surface area contributed by atoms with E-state index < -0.39 is 0 Å². The lowest BCUT2D eigenvalue weighted by atomic mass is 10.4. The van der Waals surface area contributed by atoms with E-state index in [9.17, 15) is 9.59 Å². The molecule has 0 aromatic carbocycles. The van der Waals surface area contributed by atoms with Crippen LogP contribution in [0.15, 0.2) is 14.3 Å². The molecule has 1 aromatic heterocycles. The normalized spacial score (nSPS) is 10.1. The monoisotopic (exact) mass is 382 g/mol. The lowest BCUT2D eigenvalue weighted by Crippen LogP contribution is -2.36. The number of hydrogen-bond donors (Lipinski definition) is 2. The van der Waals surface area contributed by atoms with Crippen molar-refractivity contribution in [3.05, 3.63) is 19.2 Å². The van der Waals surface area contributed by atoms with Gasteiger partial charge in [-0.3, -0.25) is 9.59 Å². The number of rotatable bonds is 5. The van der Waals surface area contributed by atoms with Crippen LogP contribution in [0.25, 0.3) is 0 Å². The highest BCUT2D eigenvalue weighted by Crippen LogP contribution is 2.32. The molecule has 1 aromatic rings. The largest absolute Gasteiger partial charge is 0.355 e. The smallest absolute Gasteiger partial charge is 0.261 e. The van der Waals surface area contributed by atoms with E-state index in [4.69, 9.17) is 0 Å². The molecule has 0 aliphatic carbocycles. The van der Waals surface area contributed by atoms with Gasteiger partial charge in [-0.05, 0) is 44.3 Å². The molecule has 0 atom stereocenters. The van der Waals surface area contributed by atoms with Gasteiger partial charge in [-0.2, -0.15) is 0 Å². The molecule has 0 aliphatic rings. The molecule has 1 heterocycles. The van der Waals surface area contributed by atoms with Crippen LogP contribution in [-0.2, 0) is 4.79 Å². The summed E-state index contributed by atoms with van der Waals surface area (Å²) in [6.07, 6.45) is 0.879. The molecule has 0 saturated heterocycles. The van der Waals surface area contributed by atoms with E-state index in [1.165, 1.54) is 11.3 Å². The molecule has 0 bridgehead atoms. The summed E-state index contributed by atoms with van der Waals surface area (Å²) < 4.78 is 1.70. The van der Waals surface area contributed by atoms with Crippen molar-refractivity contribution in [2.24, 2.45) is 0 Å². The van der Waals surface area contributed by atoms with Crippen molar-refractivity contribution in [3.8, 4) is 0 Å². The van der Waals surface area contributed by atoms with Gasteiger partial charge in [0, 0.05) is 11.0 Å². The van der Waals surface area contributed by atoms with Gasteiger partial charge in [-0.25, -0.2) is 0 Å². The lowest BCUT2D eigenvalue weighted by molar-refractivity contribution is -0.120. The molecule has 2 amide bonds. The summed E-state index contributed by atoms with van der Waals surface area (Å²) in [6, 6.07) is 1.72. The Kier molecular flexibility index (Phi) is 6.15. The standard InChI is InChI=1S/C10H12Br2N2O2S/c1-2-3-13-8(15)5-14-10(16)7-4-6(11)9(12)17-7/h4H,2-3,5H2,1H3,(H,13,15)(H,14,16). The summed E-state index contributed by atoms with van der Waals surface area (Å²) in [5.74, 6) is -0.414. The number of carbonyl (C=O) groups is 2. The first-order valence-electron chi connectivity index (χ1n) is 5.04. The molecule has 4 nitrogen and oxygen atoms in total. The molecule has 2 N–H and O–H groups in total. The summed E-state index contributed by atoms with van der Waals surface area (Å²) in [5, 5.41) is 5.25. The van der Waals surface area contributed by atoms with Crippen molar-refractivity contribution >= 4 is 55.0 Å². The van der Waals surface area contributed by atoms with Gasteiger partial charge in [0.2, 0.25) is 5.91 Å². The summed E-state index contributed by atoms with van der Waals surface area (Å²) in [5.41, 5.74) is 0. The zero-order valence-corrected chi connectivity index (χ0v) is 13.2. The second-order valence-corrected chi connectivity index (χ2v) is 6.49. The highest BCUT2D eigenvalue weighted by atomic mass is 79.9. The van der Waals surface area contributed by atoms with Crippen molar-refractivity contribution in [2.45, 2.75) is 13.3 Å². The molecule has 1 rings (SSSR count). The van der Waals surface area contributed by atoms with E-state index in [-0.39, 0.29) is 18.4 Å². The van der Waals surface area contributed by atoms with Crippen LogP contribution >= 0.6 is 43.2 Å². The molecule has 0 saturated carbocycles. The average molecular weight is 384 g/mol. The Morgan fingerprint density at radius 3 is 2.59 bits per heavy atom. The second-order valence-electron chi connectivity index (χ2n) is 3.26. The molecule has 0 fully saturated rings. The van der Waals surface area contributed by atoms with Crippen LogP contribution in [0.4, 0.5) is 0 Å². The highest BCUT2D eigenvalue weighted by Gasteiger charge is 2.12. The van der Waals surface area contributed by atoms with Gasteiger partial charge in [0.05, 0.1) is 15.2 Å². The van der Waals surface area contributed by atoms with E-state index in [2.05, 4.69) is 42.5 Å². The Balaban J connectivity index is 2.42. The predicted octanol–water partition coefficient (Wildman–Crippen LogP) is 2.53. The van der Waals surface area contributed by atoms with Crippen LogP contribution in [0.3, 0.4) is 0 Å². The summed E-state index contributed by atoms with van der Waals surface area (Å²) in [4.78, 5) is 23.5. The molecular weight excluding hydrogens is 372 g/mol. The Bertz CT molecular complexity index is 401. The minimum Gasteiger partial charge on any atom is -0.355 e.